The van der Waals surface area contributed by atoms with Crippen LogP contribution in [0.4, 0.5) is 11.4 Å². The van der Waals surface area contributed by atoms with Crippen molar-refractivity contribution < 1.29 is 0 Å². The molecule has 0 unspecified atom stereocenters. The van der Waals surface area contributed by atoms with Crippen molar-refractivity contribution in [3.05, 3.63) is 47.5 Å². The largest absolute Gasteiger partial charge is 0.388 e. The molecule has 2 aromatic carbocycles. The average molecular weight is 264 g/mol. The van der Waals surface area contributed by atoms with Crippen molar-refractivity contribution in [3.8, 4) is 11.1 Å². The van der Waals surface area contributed by atoms with E-state index in [1.54, 1.807) is 16.8 Å². The molecule has 20 heavy (non-hydrogen) atoms. The quantitative estimate of drug-likeness (QED) is 0.889. The van der Waals surface area contributed by atoms with Crippen LogP contribution in [0.3, 0.4) is 0 Å². The molecule has 2 aromatic rings. The van der Waals surface area contributed by atoms with E-state index in [-0.39, 0.29) is 0 Å². The zero-order valence-electron chi connectivity index (χ0n) is 11.9. The Labute approximate surface area is 120 Å². The Hall–Kier alpha value is -1.96. The van der Waals surface area contributed by atoms with E-state index < -0.39 is 0 Å². The molecule has 0 atom stereocenters. The van der Waals surface area contributed by atoms with Crippen LogP contribution in [0.5, 0.6) is 0 Å². The third-order valence-corrected chi connectivity index (χ3v) is 4.62. The monoisotopic (exact) mass is 264 g/mol. The first-order valence-corrected chi connectivity index (χ1v) is 7.54. The number of nitrogens with one attached hydrogen (secondary N) is 1. The Morgan fingerprint density at radius 3 is 2.40 bits per heavy atom. The normalized spacial score (nSPS) is 16.1. The Morgan fingerprint density at radius 2 is 1.65 bits per heavy atom. The lowest BCUT2D eigenvalue weighted by Gasteiger charge is -2.27. The van der Waals surface area contributed by atoms with Gasteiger partial charge in [0.1, 0.15) is 0 Å². The van der Waals surface area contributed by atoms with E-state index >= 15 is 0 Å². The standard InChI is InChI=1S/C18H20N2/c1-19-17-6-4-13(5-7-17)16-11-14-3-2-9-20-10-8-15(12-16)18(14)20/h4-7,11-12,19H,2-3,8-10H2,1H3. The van der Waals surface area contributed by atoms with Crippen LogP contribution in [0.1, 0.15) is 17.5 Å². The summed E-state index contributed by atoms with van der Waals surface area (Å²) in [6, 6.07) is 13.6. The Kier molecular flexibility index (Phi) is 2.69. The predicted molar refractivity (Wildman–Crippen MR) is 85.7 cm³/mol. The molecule has 2 heterocycles. The molecular weight excluding hydrogens is 244 g/mol. The SMILES string of the molecule is CNc1ccc(-c2cc3c4c(c2)CCN4CCC3)cc1. The van der Waals surface area contributed by atoms with Crippen molar-refractivity contribution in [1.29, 1.82) is 0 Å². The molecule has 0 spiro atoms. The first kappa shape index (κ1) is 11.8. The van der Waals surface area contributed by atoms with E-state index in [9.17, 15) is 0 Å². The van der Waals surface area contributed by atoms with Gasteiger partial charge in [-0.15, -0.1) is 0 Å². The molecule has 1 N–H and O–H groups in total. The van der Waals surface area contributed by atoms with Crippen LogP contribution in [-0.2, 0) is 12.8 Å². The zero-order chi connectivity index (χ0) is 13.5. The number of hydrogen-bond donors (Lipinski definition) is 1. The van der Waals surface area contributed by atoms with Gasteiger partial charge in [-0.25, -0.2) is 0 Å². The molecule has 2 nitrogen and oxygen atoms in total. The molecule has 0 saturated heterocycles. The number of anilines is 2. The van der Waals surface area contributed by atoms with E-state index in [1.165, 1.54) is 49.2 Å². The lowest BCUT2D eigenvalue weighted by atomic mass is 9.94. The molecule has 2 aliphatic rings. The summed E-state index contributed by atoms with van der Waals surface area (Å²) in [5.74, 6) is 0. The van der Waals surface area contributed by atoms with Gasteiger partial charge in [0.2, 0.25) is 0 Å². The molecule has 0 fully saturated rings. The maximum Gasteiger partial charge on any atom is 0.0432 e. The van der Waals surface area contributed by atoms with Gasteiger partial charge in [-0.2, -0.15) is 0 Å². The third kappa shape index (κ3) is 1.79. The summed E-state index contributed by atoms with van der Waals surface area (Å²) in [6.07, 6.45) is 3.75. The van der Waals surface area contributed by atoms with Crippen molar-refractivity contribution in [2.24, 2.45) is 0 Å². The molecule has 2 aliphatic heterocycles. The van der Waals surface area contributed by atoms with Crippen LogP contribution in [0.15, 0.2) is 36.4 Å². The summed E-state index contributed by atoms with van der Waals surface area (Å²) in [5, 5.41) is 3.18. The van der Waals surface area contributed by atoms with Crippen LogP contribution >= 0.6 is 0 Å². The van der Waals surface area contributed by atoms with Crippen molar-refractivity contribution >= 4 is 11.4 Å². The smallest absolute Gasteiger partial charge is 0.0432 e. The van der Waals surface area contributed by atoms with Crippen LogP contribution in [0, 0.1) is 0 Å². The number of rotatable bonds is 2. The molecule has 2 heteroatoms. The Balaban J connectivity index is 1.79. The van der Waals surface area contributed by atoms with Crippen molar-refractivity contribution in [3.63, 3.8) is 0 Å². The van der Waals surface area contributed by atoms with Crippen molar-refractivity contribution in [1.82, 2.24) is 0 Å². The minimum atomic E-state index is 1.17. The second kappa shape index (κ2) is 4.55. The highest BCUT2D eigenvalue weighted by Gasteiger charge is 2.26. The second-order valence-corrected chi connectivity index (χ2v) is 5.81. The highest BCUT2D eigenvalue weighted by atomic mass is 15.2. The van der Waals surface area contributed by atoms with Gasteiger partial charge in [-0.3, -0.25) is 0 Å². The molecule has 0 amide bonds. The fourth-order valence-electron chi connectivity index (χ4n) is 3.59. The van der Waals surface area contributed by atoms with Gasteiger partial charge in [0.05, 0.1) is 0 Å². The number of nitrogens with zero attached hydrogens (tertiary/aromatic N) is 1. The van der Waals surface area contributed by atoms with E-state index in [1.807, 2.05) is 7.05 Å². The van der Waals surface area contributed by atoms with Gasteiger partial charge in [-0.05, 0) is 65.8 Å². The van der Waals surface area contributed by atoms with Gasteiger partial charge >= 0.3 is 0 Å². The number of benzene rings is 2. The summed E-state index contributed by atoms with van der Waals surface area (Å²) in [6.45, 7) is 2.46. The molecule has 0 aliphatic carbocycles. The van der Waals surface area contributed by atoms with Gasteiger partial charge in [0.25, 0.3) is 0 Å². The molecule has 0 radical (unpaired) electrons. The summed E-state index contributed by atoms with van der Waals surface area (Å²) < 4.78 is 0. The minimum Gasteiger partial charge on any atom is -0.388 e. The van der Waals surface area contributed by atoms with E-state index in [2.05, 4.69) is 46.6 Å². The van der Waals surface area contributed by atoms with Crippen molar-refractivity contribution in [2.45, 2.75) is 19.3 Å². The minimum absolute atomic E-state index is 1.17. The number of hydrogen-bond acceptors (Lipinski definition) is 2. The maximum atomic E-state index is 3.18. The van der Waals surface area contributed by atoms with Crippen LogP contribution in [-0.4, -0.2) is 20.1 Å². The molecule has 0 saturated carbocycles. The first-order chi connectivity index (χ1) is 9.85. The second-order valence-electron chi connectivity index (χ2n) is 5.81. The van der Waals surface area contributed by atoms with Gasteiger partial charge in [0.15, 0.2) is 0 Å². The summed E-state index contributed by atoms with van der Waals surface area (Å²) in [7, 11) is 1.96. The fraction of sp³-hybridized carbons (Fsp3) is 0.333. The Morgan fingerprint density at radius 1 is 0.900 bits per heavy atom. The topological polar surface area (TPSA) is 15.3 Å². The fourth-order valence-corrected chi connectivity index (χ4v) is 3.59. The molecule has 0 aromatic heterocycles. The zero-order valence-corrected chi connectivity index (χ0v) is 11.9. The van der Waals surface area contributed by atoms with E-state index in [0.717, 1.165) is 0 Å². The highest BCUT2D eigenvalue weighted by Crippen LogP contribution is 2.39. The van der Waals surface area contributed by atoms with E-state index in [0.29, 0.717) is 0 Å². The van der Waals surface area contributed by atoms with Gasteiger partial charge < -0.3 is 10.2 Å². The van der Waals surface area contributed by atoms with Crippen LogP contribution < -0.4 is 10.2 Å². The average Bonchev–Trinajstić information content (AvgIpc) is 2.92. The van der Waals surface area contributed by atoms with Gasteiger partial charge in [-0.1, -0.05) is 12.1 Å². The number of aryl methyl sites for hydroxylation is 1. The van der Waals surface area contributed by atoms with E-state index in [4.69, 9.17) is 0 Å². The van der Waals surface area contributed by atoms with Crippen molar-refractivity contribution in [2.75, 3.05) is 30.4 Å². The van der Waals surface area contributed by atoms with Crippen LogP contribution in [0.2, 0.25) is 0 Å². The third-order valence-electron chi connectivity index (χ3n) is 4.62. The summed E-state index contributed by atoms with van der Waals surface area (Å²) >= 11 is 0. The summed E-state index contributed by atoms with van der Waals surface area (Å²) in [5.41, 5.74) is 8.53. The lowest BCUT2D eigenvalue weighted by molar-refractivity contribution is 0.719. The maximum absolute atomic E-state index is 3.18. The predicted octanol–water partition coefficient (Wildman–Crippen LogP) is 3.70. The Bertz CT molecular complexity index is 643. The molecular formula is C18H20N2. The molecule has 102 valence electrons. The van der Waals surface area contributed by atoms with Gasteiger partial charge in [0, 0.05) is 31.5 Å². The summed E-state index contributed by atoms with van der Waals surface area (Å²) in [4.78, 5) is 2.57. The molecule has 4 rings (SSSR count). The lowest BCUT2D eigenvalue weighted by Crippen LogP contribution is -2.26. The highest BCUT2D eigenvalue weighted by molar-refractivity contribution is 5.75. The first-order valence-electron chi connectivity index (χ1n) is 7.54. The van der Waals surface area contributed by atoms with Crippen LogP contribution in [0.25, 0.3) is 11.1 Å². The molecule has 0 bridgehead atoms.